The van der Waals surface area contributed by atoms with E-state index in [9.17, 15) is 4.79 Å². The second-order valence-corrected chi connectivity index (χ2v) is 4.66. The second-order valence-electron chi connectivity index (χ2n) is 4.66. The van der Waals surface area contributed by atoms with Crippen LogP contribution in [-0.2, 0) is 0 Å². The molecule has 1 amide bonds. The number of nitrogen functional groups attached to an aromatic ring is 1. The number of methoxy groups -OCH3 is 1. The first-order valence-corrected chi connectivity index (χ1v) is 6.84. The fourth-order valence-corrected chi connectivity index (χ4v) is 2.14. The van der Waals surface area contributed by atoms with Crippen molar-refractivity contribution in [1.82, 2.24) is 0 Å². The largest absolute Gasteiger partial charge is 0.495 e. The number of rotatable bonds is 5. The number of carbonyl (C=O) groups excluding carboxylic acids is 1. The molecule has 0 heterocycles. The molecule has 2 aromatic carbocycles. The number of hydrogen-bond acceptors (Lipinski definition) is 4. The number of nitrogens with two attached hydrogens (primary N) is 1. The molecule has 0 atom stereocenters. The van der Waals surface area contributed by atoms with Gasteiger partial charge in [0.05, 0.1) is 25.3 Å². The minimum Gasteiger partial charge on any atom is -0.495 e. The molecule has 22 heavy (non-hydrogen) atoms. The molecule has 0 aromatic heterocycles. The molecule has 0 fully saturated rings. The van der Waals surface area contributed by atoms with Crippen LogP contribution in [0, 0.1) is 11.3 Å². The van der Waals surface area contributed by atoms with Gasteiger partial charge in [-0.05, 0) is 30.3 Å². The van der Waals surface area contributed by atoms with Gasteiger partial charge in [-0.1, -0.05) is 18.2 Å². The number of nitriles is 1. The molecule has 0 radical (unpaired) electrons. The van der Waals surface area contributed by atoms with Gasteiger partial charge in [0, 0.05) is 17.8 Å². The van der Waals surface area contributed by atoms with Crippen molar-refractivity contribution in [2.24, 2.45) is 0 Å². The lowest BCUT2D eigenvalue weighted by Gasteiger charge is -2.22. The molecule has 2 rings (SSSR count). The van der Waals surface area contributed by atoms with Gasteiger partial charge in [-0.3, -0.25) is 4.79 Å². The SMILES string of the molecule is COc1ccc(C(=O)N(CCC#N)c2ccccc2)cc1N. The monoisotopic (exact) mass is 295 g/mol. The third-order valence-corrected chi connectivity index (χ3v) is 3.24. The molecule has 0 bridgehead atoms. The van der Waals surface area contributed by atoms with Gasteiger partial charge in [-0.15, -0.1) is 0 Å². The molecule has 0 aliphatic carbocycles. The summed E-state index contributed by atoms with van der Waals surface area (Å²) < 4.78 is 5.10. The van der Waals surface area contributed by atoms with Crippen molar-refractivity contribution >= 4 is 17.3 Å². The first kappa shape index (κ1) is 15.4. The Bertz CT molecular complexity index is 693. The minimum absolute atomic E-state index is 0.198. The van der Waals surface area contributed by atoms with Gasteiger partial charge >= 0.3 is 0 Å². The van der Waals surface area contributed by atoms with Crippen molar-refractivity contribution in [1.29, 1.82) is 5.26 Å². The van der Waals surface area contributed by atoms with E-state index < -0.39 is 0 Å². The van der Waals surface area contributed by atoms with E-state index in [1.165, 1.54) is 7.11 Å². The molecule has 112 valence electrons. The Morgan fingerprint density at radius 1 is 1.27 bits per heavy atom. The number of benzene rings is 2. The predicted octanol–water partition coefficient (Wildman–Crippen LogP) is 2.84. The van der Waals surface area contributed by atoms with Crippen LogP contribution in [0.5, 0.6) is 5.75 Å². The van der Waals surface area contributed by atoms with Crippen molar-refractivity contribution in [2.75, 3.05) is 24.3 Å². The highest BCUT2D eigenvalue weighted by molar-refractivity contribution is 6.06. The van der Waals surface area contributed by atoms with Gasteiger partial charge in [0.25, 0.3) is 5.91 Å². The maximum Gasteiger partial charge on any atom is 0.258 e. The molecule has 5 heteroatoms. The van der Waals surface area contributed by atoms with Crippen LogP contribution >= 0.6 is 0 Å². The van der Waals surface area contributed by atoms with E-state index in [2.05, 4.69) is 6.07 Å². The summed E-state index contributed by atoms with van der Waals surface area (Å²) in [7, 11) is 1.52. The summed E-state index contributed by atoms with van der Waals surface area (Å²) >= 11 is 0. The Kier molecular flexibility index (Phi) is 4.99. The normalized spacial score (nSPS) is 9.82. The second kappa shape index (κ2) is 7.14. The number of carbonyl (C=O) groups is 1. The first-order chi connectivity index (χ1) is 10.7. The van der Waals surface area contributed by atoms with Gasteiger partial charge in [0.2, 0.25) is 0 Å². The molecule has 0 aliphatic heterocycles. The van der Waals surface area contributed by atoms with Crippen LogP contribution in [-0.4, -0.2) is 19.6 Å². The van der Waals surface area contributed by atoms with Crippen LogP contribution in [0.1, 0.15) is 16.8 Å². The summed E-state index contributed by atoms with van der Waals surface area (Å²) in [6, 6.07) is 16.2. The summed E-state index contributed by atoms with van der Waals surface area (Å²) in [6.07, 6.45) is 0.256. The Morgan fingerprint density at radius 3 is 2.59 bits per heavy atom. The Hall–Kier alpha value is -3.00. The standard InChI is InChI=1S/C17H17N3O2/c1-22-16-9-8-13(12-15(16)19)17(21)20(11-5-10-18)14-6-3-2-4-7-14/h2-4,6-9,12H,5,11,19H2,1H3. The zero-order valence-electron chi connectivity index (χ0n) is 12.3. The number of nitrogens with zero attached hydrogens (tertiary/aromatic N) is 2. The Balaban J connectivity index is 2.33. The lowest BCUT2D eigenvalue weighted by molar-refractivity contribution is 0.0987. The fourth-order valence-electron chi connectivity index (χ4n) is 2.14. The smallest absolute Gasteiger partial charge is 0.258 e. The number of ether oxygens (including phenoxy) is 1. The van der Waals surface area contributed by atoms with Gasteiger partial charge in [-0.2, -0.15) is 5.26 Å². The lowest BCUT2D eigenvalue weighted by Crippen LogP contribution is -2.31. The van der Waals surface area contributed by atoms with Crippen LogP contribution in [0.4, 0.5) is 11.4 Å². The van der Waals surface area contributed by atoms with Crippen LogP contribution < -0.4 is 15.4 Å². The molecule has 0 saturated carbocycles. The zero-order chi connectivity index (χ0) is 15.9. The van der Waals surface area contributed by atoms with E-state index in [4.69, 9.17) is 15.7 Å². The molecule has 0 spiro atoms. The van der Waals surface area contributed by atoms with E-state index in [-0.39, 0.29) is 12.3 Å². The summed E-state index contributed by atoms with van der Waals surface area (Å²) in [5, 5.41) is 8.80. The molecule has 5 nitrogen and oxygen atoms in total. The Labute approximate surface area is 129 Å². The van der Waals surface area contributed by atoms with Gasteiger partial charge in [0.15, 0.2) is 0 Å². The van der Waals surface area contributed by atoms with E-state index in [1.807, 2.05) is 30.3 Å². The molecule has 2 aromatic rings. The topological polar surface area (TPSA) is 79.3 Å². The highest BCUT2D eigenvalue weighted by Gasteiger charge is 2.18. The molecule has 0 aliphatic rings. The fraction of sp³-hybridized carbons (Fsp3) is 0.176. The summed E-state index contributed by atoms with van der Waals surface area (Å²) in [4.78, 5) is 14.3. The molecule has 0 saturated heterocycles. The van der Waals surface area contributed by atoms with Crippen molar-refractivity contribution < 1.29 is 9.53 Å². The summed E-state index contributed by atoms with van der Waals surface area (Å²) in [6.45, 7) is 0.325. The van der Waals surface area contributed by atoms with E-state index in [0.717, 1.165) is 5.69 Å². The number of para-hydroxylation sites is 1. The van der Waals surface area contributed by atoms with E-state index in [1.54, 1.807) is 23.1 Å². The van der Waals surface area contributed by atoms with Gasteiger partial charge < -0.3 is 15.4 Å². The Morgan fingerprint density at radius 2 is 2.00 bits per heavy atom. The van der Waals surface area contributed by atoms with Crippen LogP contribution in [0.2, 0.25) is 0 Å². The average Bonchev–Trinajstić information content (AvgIpc) is 2.56. The summed E-state index contributed by atoms with van der Waals surface area (Å²) in [5.41, 5.74) is 7.47. The quantitative estimate of drug-likeness (QED) is 0.860. The minimum atomic E-state index is -0.198. The van der Waals surface area contributed by atoms with Crippen LogP contribution in [0.3, 0.4) is 0 Å². The zero-order valence-corrected chi connectivity index (χ0v) is 12.3. The maximum atomic E-state index is 12.7. The van der Waals surface area contributed by atoms with Crippen LogP contribution in [0.15, 0.2) is 48.5 Å². The average molecular weight is 295 g/mol. The van der Waals surface area contributed by atoms with Crippen molar-refractivity contribution in [3.05, 3.63) is 54.1 Å². The number of anilines is 2. The van der Waals surface area contributed by atoms with Crippen molar-refractivity contribution in [2.45, 2.75) is 6.42 Å². The number of hydrogen-bond donors (Lipinski definition) is 1. The molecule has 2 N–H and O–H groups in total. The maximum absolute atomic E-state index is 12.7. The van der Waals surface area contributed by atoms with Gasteiger partial charge in [0.1, 0.15) is 5.75 Å². The lowest BCUT2D eigenvalue weighted by atomic mass is 10.1. The molecular weight excluding hydrogens is 278 g/mol. The molecule has 0 unspecified atom stereocenters. The van der Waals surface area contributed by atoms with Crippen molar-refractivity contribution in [3.8, 4) is 11.8 Å². The molecular formula is C17H17N3O2. The predicted molar refractivity (Wildman–Crippen MR) is 85.8 cm³/mol. The van der Waals surface area contributed by atoms with Crippen LogP contribution in [0.25, 0.3) is 0 Å². The third kappa shape index (κ3) is 3.36. The third-order valence-electron chi connectivity index (χ3n) is 3.24. The first-order valence-electron chi connectivity index (χ1n) is 6.84. The van der Waals surface area contributed by atoms with E-state index >= 15 is 0 Å². The summed E-state index contributed by atoms with van der Waals surface area (Å²) in [5.74, 6) is 0.329. The number of amides is 1. The van der Waals surface area contributed by atoms with Crippen molar-refractivity contribution in [3.63, 3.8) is 0 Å². The highest BCUT2D eigenvalue weighted by atomic mass is 16.5. The highest BCUT2D eigenvalue weighted by Crippen LogP contribution is 2.24. The van der Waals surface area contributed by atoms with E-state index in [0.29, 0.717) is 23.5 Å². The van der Waals surface area contributed by atoms with Gasteiger partial charge in [-0.25, -0.2) is 0 Å².